The van der Waals surface area contributed by atoms with Gasteiger partial charge < -0.3 is 9.42 Å². The summed E-state index contributed by atoms with van der Waals surface area (Å²) < 4.78 is 19.4. The van der Waals surface area contributed by atoms with Crippen LogP contribution in [0.1, 0.15) is 29.7 Å². The highest BCUT2D eigenvalue weighted by Crippen LogP contribution is 2.50. The van der Waals surface area contributed by atoms with Crippen LogP contribution in [0, 0.1) is 5.82 Å². The summed E-state index contributed by atoms with van der Waals surface area (Å²) in [4.78, 5) is 15.2. The Kier molecular flexibility index (Phi) is 3.64. The van der Waals surface area contributed by atoms with Gasteiger partial charge in [0.1, 0.15) is 5.82 Å². The van der Waals surface area contributed by atoms with E-state index in [0.29, 0.717) is 23.6 Å². The molecule has 136 valence electrons. The third kappa shape index (κ3) is 2.65. The van der Waals surface area contributed by atoms with Gasteiger partial charge in [-0.15, -0.1) is 0 Å². The average Bonchev–Trinajstić information content (AvgIpc) is 3.37. The topological polar surface area (TPSA) is 46.3 Å². The molecule has 2 aromatic carbocycles. The Hall–Kier alpha value is -2.95. The number of halogens is 1. The van der Waals surface area contributed by atoms with Crippen molar-refractivity contribution in [2.75, 3.05) is 6.54 Å². The number of hydrogen-bond donors (Lipinski definition) is 0. The van der Waals surface area contributed by atoms with Crippen LogP contribution in [0.5, 0.6) is 0 Å². The number of amides is 1. The van der Waals surface area contributed by atoms with Crippen molar-refractivity contribution in [1.82, 2.24) is 10.1 Å². The first kappa shape index (κ1) is 16.2. The van der Waals surface area contributed by atoms with Crippen LogP contribution in [-0.2, 0) is 23.2 Å². The van der Waals surface area contributed by atoms with E-state index in [1.807, 2.05) is 17.0 Å². The molecule has 2 aliphatic rings. The molecule has 0 atom stereocenters. The minimum atomic E-state index is -0.612. The van der Waals surface area contributed by atoms with E-state index in [2.05, 4.69) is 17.3 Å². The van der Waals surface area contributed by atoms with E-state index in [9.17, 15) is 9.18 Å². The summed E-state index contributed by atoms with van der Waals surface area (Å²) >= 11 is 0. The third-order valence-corrected chi connectivity index (χ3v) is 5.72. The molecule has 1 saturated carbocycles. The fourth-order valence-electron chi connectivity index (χ4n) is 3.97. The van der Waals surface area contributed by atoms with Crippen LogP contribution in [0.25, 0.3) is 11.3 Å². The summed E-state index contributed by atoms with van der Waals surface area (Å²) in [5.74, 6) is 0.112. The van der Waals surface area contributed by atoms with Crippen molar-refractivity contribution in [3.63, 3.8) is 0 Å². The van der Waals surface area contributed by atoms with Gasteiger partial charge in [-0.2, -0.15) is 0 Å². The van der Waals surface area contributed by atoms with Gasteiger partial charge in [0.2, 0.25) is 5.91 Å². The van der Waals surface area contributed by atoms with Gasteiger partial charge in [-0.3, -0.25) is 4.79 Å². The van der Waals surface area contributed by atoms with Gasteiger partial charge in [-0.1, -0.05) is 41.6 Å². The molecule has 0 N–H and O–H groups in total. The van der Waals surface area contributed by atoms with Crippen LogP contribution in [0.3, 0.4) is 0 Å². The molecule has 1 fully saturated rings. The molecular weight excluding hydrogens is 343 g/mol. The molecule has 1 aliphatic heterocycles. The van der Waals surface area contributed by atoms with Gasteiger partial charge in [0.05, 0.1) is 16.7 Å². The Morgan fingerprint density at radius 2 is 1.81 bits per heavy atom. The van der Waals surface area contributed by atoms with E-state index in [-0.39, 0.29) is 11.7 Å². The standard InChI is InChI=1S/C22H19FN2O2/c23-18-8-4-3-7-17(18)19-13-20(24-27-19)22(10-11-22)21(26)25-12-9-15-5-1-2-6-16(15)14-25/h1-8,13H,9-12,14H2. The van der Waals surface area contributed by atoms with Gasteiger partial charge in [0.25, 0.3) is 0 Å². The van der Waals surface area contributed by atoms with Crippen LogP contribution in [0.2, 0.25) is 0 Å². The first-order valence-electron chi connectivity index (χ1n) is 9.26. The van der Waals surface area contributed by atoms with Crippen molar-refractivity contribution < 1.29 is 13.7 Å². The maximum absolute atomic E-state index is 14.0. The lowest BCUT2D eigenvalue weighted by Crippen LogP contribution is -2.42. The van der Waals surface area contributed by atoms with E-state index in [1.54, 1.807) is 24.3 Å². The molecule has 5 rings (SSSR count). The lowest BCUT2D eigenvalue weighted by atomic mass is 9.95. The average molecular weight is 362 g/mol. The summed E-state index contributed by atoms with van der Waals surface area (Å²) in [5.41, 5.74) is 2.89. The van der Waals surface area contributed by atoms with E-state index in [4.69, 9.17) is 4.52 Å². The molecule has 5 heteroatoms. The maximum atomic E-state index is 14.0. The van der Waals surface area contributed by atoms with Crippen molar-refractivity contribution in [2.24, 2.45) is 0 Å². The quantitative estimate of drug-likeness (QED) is 0.705. The molecule has 3 aromatic rings. The van der Waals surface area contributed by atoms with Gasteiger partial charge in [-0.05, 0) is 42.5 Å². The molecule has 0 bridgehead atoms. The Labute approximate surface area is 156 Å². The highest BCUT2D eigenvalue weighted by atomic mass is 19.1. The van der Waals surface area contributed by atoms with Crippen LogP contribution < -0.4 is 0 Å². The number of aromatic nitrogens is 1. The Balaban J connectivity index is 1.41. The van der Waals surface area contributed by atoms with Gasteiger partial charge in [-0.25, -0.2) is 4.39 Å². The first-order chi connectivity index (χ1) is 13.2. The zero-order chi connectivity index (χ0) is 18.4. The lowest BCUT2D eigenvalue weighted by Gasteiger charge is -2.31. The Morgan fingerprint density at radius 3 is 2.59 bits per heavy atom. The zero-order valence-electron chi connectivity index (χ0n) is 14.8. The molecule has 0 radical (unpaired) electrons. The van der Waals surface area contributed by atoms with Gasteiger partial charge in [0.15, 0.2) is 5.76 Å². The highest BCUT2D eigenvalue weighted by Gasteiger charge is 2.55. The van der Waals surface area contributed by atoms with E-state index in [0.717, 1.165) is 25.8 Å². The van der Waals surface area contributed by atoms with E-state index < -0.39 is 5.41 Å². The SMILES string of the molecule is O=C(N1CCc2ccccc2C1)C1(c2cc(-c3ccccc3F)on2)CC1. The summed E-state index contributed by atoms with van der Waals surface area (Å²) in [7, 11) is 0. The molecule has 0 spiro atoms. The van der Waals surface area contributed by atoms with Crippen molar-refractivity contribution in [3.05, 3.63) is 77.2 Å². The number of carbonyl (C=O) groups is 1. The maximum Gasteiger partial charge on any atom is 0.235 e. The number of carbonyl (C=O) groups excluding carboxylic acids is 1. The number of fused-ring (bicyclic) bond motifs is 1. The minimum Gasteiger partial charge on any atom is -0.356 e. The highest BCUT2D eigenvalue weighted by molar-refractivity contribution is 5.91. The first-order valence-corrected chi connectivity index (χ1v) is 9.26. The van der Waals surface area contributed by atoms with Crippen LogP contribution >= 0.6 is 0 Å². The third-order valence-electron chi connectivity index (χ3n) is 5.72. The largest absolute Gasteiger partial charge is 0.356 e. The second-order valence-corrected chi connectivity index (χ2v) is 7.38. The molecule has 1 amide bonds. The van der Waals surface area contributed by atoms with Gasteiger partial charge in [0, 0.05) is 19.2 Å². The summed E-state index contributed by atoms with van der Waals surface area (Å²) in [6.45, 7) is 1.35. The van der Waals surface area contributed by atoms with Crippen molar-refractivity contribution in [3.8, 4) is 11.3 Å². The molecule has 4 nitrogen and oxygen atoms in total. The molecular formula is C22H19FN2O2. The summed E-state index contributed by atoms with van der Waals surface area (Å²) in [5, 5.41) is 4.14. The van der Waals surface area contributed by atoms with E-state index >= 15 is 0 Å². The molecule has 0 saturated heterocycles. The lowest BCUT2D eigenvalue weighted by molar-refractivity contribution is -0.135. The molecule has 1 aromatic heterocycles. The Bertz CT molecular complexity index is 1020. The fourth-order valence-corrected chi connectivity index (χ4v) is 3.97. The predicted octanol–water partition coefficient (Wildman–Crippen LogP) is 4.10. The second kappa shape index (κ2) is 6.05. The van der Waals surface area contributed by atoms with Crippen molar-refractivity contribution >= 4 is 5.91 Å². The zero-order valence-corrected chi connectivity index (χ0v) is 14.8. The summed E-state index contributed by atoms with van der Waals surface area (Å²) in [6, 6.07) is 16.4. The molecule has 0 unspecified atom stereocenters. The van der Waals surface area contributed by atoms with Crippen molar-refractivity contribution in [2.45, 2.75) is 31.2 Å². The number of hydrogen-bond acceptors (Lipinski definition) is 3. The minimum absolute atomic E-state index is 0.102. The van der Waals surface area contributed by atoms with Crippen molar-refractivity contribution in [1.29, 1.82) is 0 Å². The fraction of sp³-hybridized carbons (Fsp3) is 0.273. The molecule has 27 heavy (non-hydrogen) atoms. The number of benzene rings is 2. The van der Waals surface area contributed by atoms with Crippen LogP contribution in [-0.4, -0.2) is 22.5 Å². The number of rotatable bonds is 3. The number of nitrogens with zero attached hydrogens (tertiary/aromatic N) is 2. The molecule has 1 aliphatic carbocycles. The van der Waals surface area contributed by atoms with Gasteiger partial charge >= 0.3 is 0 Å². The van der Waals surface area contributed by atoms with Crippen LogP contribution in [0.4, 0.5) is 4.39 Å². The molecule has 2 heterocycles. The monoisotopic (exact) mass is 362 g/mol. The smallest absolute Gasteiger partial charge is 0.235 e. The van der Waals surface area contributed by atoms with E-state index in [1.165, 1.54) is 17.2 Å². The Morgan fingerprint density at radius 1 is 1.07 bits per heavy atom. The normalized spacial score (nSPS) is 17.4. The summed E-state index contributed by atoms with van der Waals surface area (Å²) in [6.07, 6.45) is 2.39. The second-order valence-electron chi connectivity index (χ2n) is 7.38. The van der Waals surface area contributed by atoms with Crippen LogP contribution in [0.15, 0.2) is 59.1 Å². The predicted molar refractivity (Wildman–Crippen MR) is 98.4 cm³/mol.